The van der Waals surface area contributed by atoms with Crippen molar-refractivity contribution in [3.8, 4) is 6.07 Å². The number of methoxy groups -OCH3 is 1. The number of alkyl halides is 3. The van der Waals surface area contributed by atoms with E-state index in [4.69, 9.17) is 16.9 Å². The van der Waals surface area contributed by atoms with Crippen molar-refractivity contribution in [1.82, 2.24) is 0 Å². The van der Waals surface area contributed by atoms with E-state index in [1.54, 1.807) is 0 Å². The summed E-state index contributed by atoms with van der Waals surface area (Å²) in [6.07, 6.45) is -4.72. The van der Waals surface area contributed by atoms with Crippen molar-refractivity contribution < 1.29 is 22.7 Å². The molecule has 0 N–H and O–H groups in total. The van der Waals surface area contributed by atoms with Crippen LogP contribution in [0.2, 0.25) is 5.02 Å². The Morgan fingerprint density at radius 2 is 2.12 bits per heavy atom. The molecule has 0 saturated carbocycles. The molecule has 0 atom stereocenters. The highest BCUT2D eigenvalue weighted by Crippen LogP contribution is 2.42. The van der Waals surface area contributed by atoms with Crippen molar-refractivity contribution in [3.63, 3.8) is 0 Å². The normalized spacial score (nSPS) is 11.0. The van der Waals surface area contributed by atoms with Gasteiger partial charge in [0.1, 0.15) is 15.8 Å². The molecule has 0 aliphatic carbocycles. The number of halogens is 4. The molecular weight excluding hydrogens is 267 g/mol. The van der Waals surface area contributed by atoms with E-state index in [9.17, 15) is 18.0 Å². The van der Waals surface area contributed by atoms with Gasteiger partial charge in [-0.05, 0) is 0 Å². The Labute approximate surface area is 97.0 Å². The lowest BCUT2D eigenvalue weighted by atomic mass is 10.2. The third-order valence-electron chi connectivity index (χ3n) is 1.59. The number of thiophene rings is 1. The average Bonchev–Trinajstić information content (AvgIpc) is 2.53. The van der Waals surface area contributed by atoms with E-state index in [0.29, 0.717) is 0 Å². The molecule has 86 valence electrons. The molecule has 0 aliphatic rings. The Morgan fingerprint density at radius 1 is 1.56 bits per heavy atom. The number of esters is 1. The minimum absolute atomic E-state index is 0.0963. The highest BCUT2D eigenvalue weighted by Gasteiger charge is 2.39. The SMILES string of the molecule is COC(=O)c1sc(C(F)(F)F)c(C#N)c1Cl. The van der Waals surface area contributed by atoms with E-state index in [0.717, 1.165) is 7.11 Å². The number of nitriles is 1. The van der Waals surface area contributed by atoms with Crippen LogP contribution >= 0.6 is 22.9 Å². The summed E-state index contributed by atoms with van der Waals surface area (Å²) >= 11 is 5.59. The number of carbonyl (C=O) groups excluding carboxylic acids is 1. The second kappa shape index (κ2) is 4.31. The largest absolute Gasteiger partial charge is 0.465 e. The fourth-order valence-electron chi connectivity index (χ4n) is 0.935. The summed E-state index contributed by atoms with van der Waals surface area (Å²) in [5.41, 5.74) is -0.750. The first-order valence-electron chi connectivity index (χ1n) is 3.70. The molecule has 8 heteroatoms. The van der Waals surface area contributed by atoms with Crippen LogP contribution in [0.5, 0.6) is 0 Å². The maximum absolute atomic E-state index is 12.4. The molecule has 0 saturated heterocycles. The molecule has 1 rings (SSSR count). The molecule has 0 amide bonds. The lowest BCUT2D eigenvalue weighted by Crippen LogP contribution is -2.03. The van der Waals surface area contributed by atoms with Crippen molar-refractivity contribution in [3.05, 3.63) is 20.3 Å². The third-order valence-corrected chi connectivity index (χ3v) is 3.29. The van der Waals surface area contributed by atoms with Crippen LogP contribution in [-0.4, -0.2) is 13.1 Å². The van der Waals surface area contributed by atoms with Crippen molar-refractivity contribution >= 4 is 28.9 Å². The van der Waals surface area contributed by atoms with Gasteiger partial charge in [0.15, 0.2) is 0 Å². The second-order valence-corrected chi connectivity index (χ2v) is 3.95. The molecule has 1 aromatic rings. The van der Waals surface area contributed by atoms with Gasteiger partial charge in [0.2, 0.25) is 0 Å². The zero-order valence-corrected chi connectivity index (χ0v) is 9.26. The molecule has 0 spiro atoms. The number of rotatable bonds is 1. The lowest BCUT2D eigenvalue weighted by molar-refractivity contribution is -0.134. The molecule has 0 unspecified atom stereocenters. The summed E-state index contributed by atoms with van der Waals surface area (Å²) in [4.78, 5) is 9.45. The quantitative estimate of drug-likeness (QED) is 0.736. The molecule has 1 aromatic heterocycles. The van der Waals surface area contributed by atoms with Crippen molar-refractivity contribution in [2.45, 2.75) is 6.18 Å². The van der Waals surface area contributed by atoms with E-state index in [2.05, 4.69) is 4.74 Å². The Morgan fingerprint density at radius 3 is 2.44 bits per heavy atom. The number of hydrogen-bond donors (Lipinski definition) is 0. The van der Waals surface area contributed by atoms with E-state index in [1.165, 1.54) is 6.07 Å². The minimum atomic E-state index is -4.72. The predicted molar refractivity (Wildman–Crippen MR) is 50.4 cm³/mol. The number of hydrogen-bond acceptors (Lipinski definition) is 4. The third kappa shape index (κ3) is 2.13. The first-order chi connectivity index (χ1) is 7.32. The first-order valence-corrected chi connectivity index (χ1v) is 4.90. The van der Waals surface area contributed by atoms with Crippen LogP contribution in [0.25, 0.3) is 0 Å². The zero-order valence-electron chi connectivity index (χ0n) is 7.68. The molecule has 0 bridgehead atoms. The molecule has 0 aromatic carbocycles. The summed E-state index contributed by atoms with van der Waals surface area (Å²) in [5.74, 6) is -0.998. The van der Waals surface area contributed by atoms with Crippen LogP contribution in [0, 0.1) is 11.3 Å². The van der Waals surface area contributed by atoms with E-state index < -0.39 is 32.5 Å². The Hall–Kier alpha value is -1.26. The average molecular weight is 270 g/mol. The minimum Gasteiger partial charge on any atom is -0.465 e. The van der Waals surface area contributed by atoms with Crippen LogP contribution in [0.3, 0.4) is 0 Å². The lowest BCUT2D eigenvalue weighted by Gasteiger charge is -2.02. The Bertz CT molecular complexity index is 475. The van der Waals surface area contributed by atoms with Crippen LogP contribution in [0.1, 0.15) is 20.1 Å². The fraction of sp³-hybridized carbons (Fsp3) is 0.250. The molecule has 16 heavy (non-hydrogen) atoms. The van der Waals surface area contributed by atoms with Gasteiger partial charge in [0.05, 0.1) is 17.7 Å². The molecule has 1 heterocycles. The van der Waals surface area contributed by atoms with Gasteiger partial charge >= 0.3 is 12.1 Å². The maximum Gasteiger partial charge on any atom is 0.426 e. The van der Waals surface area contributed by atoms with E-state index in [1.807, 2.05) is 0 Å². The van der Waals surface area contributed by atoms with Crippen LogP contribution in [-0.2, 0) is 10.9 Å². The second-order valence-electron chi connectivity index (χ2n) is 2.55. The summed E-state index contributed by atoms with van der Waals surface area (Å²) < 4.78 is 41.6. The zero-order chi connectivity index (χ0) is 12.5. The molecule has 0 radical (unpaired) electrons. The van der Waals surface area contributed by atoms with Gasteiger partial charge in [-0.25, -0.2) is 4.79 Å². The smallest absolute Gasteiger partial charge is 0.426 e. The van der Waals surface area contributed by atoms with Gasteiger partial charge in [-0.2, -0.15) is 18.4 Å². The monoisotopic (exact) mass is 269 g/mol. The van der Waals surface area contributed by atoms with Gasteiger partial charge < -0.3 is 4.74 Å². The fourth-order valence-corrected chi connectivity index (χ4v) is 2.25. The van der Waals surface area contributed by atoms with Gasteiger partial charge in [-0.3, -0.25) is 0 Å². The predicted octanol–water partition coefficient (Wildman–Crippen LogP) is 3.08. The van der Waals surface area contributed by atoms with E-state index >= 15 is 0 Å². The van der Waals surface area contributed by atoms with Crippen molar-refractivity contribution in [2.24, 2.45) is 0 Å². The van der Waals surface area contributed by atoms with E-state index in [-0.39, 0.29) is 11.3 Å². The molecule has 3 nitrogen and oxygen atoms in total. The highest BCUT2D eigenvalue weighted by molar-refractivity contribution is 7.15. The topological polar surface area (TPSA) is 50.1 Å². The van der Waals surface area contributed by atoms with Gasteiger partial charge in [0, 0.05) is 0 Å². The Kier molecular flexibility index (Phi) is 3.45. The van der Waals surface area contributed by atoms with Gasteiger partial charge in [-0.15, -0.1) is 11.3 Å². The molecular formula is C8H3ClF3NO2S. The van der Waals surface area contributed by atoms with Gasteiger partial charge in [-0.1, -0.05) is 11.6 Å². The van der Waals surface area contributed by atoms with Gasteiger partial charge in [0.25, 0.3) is 0 Å². The summed E-state index contributed by atoms with van der Waals surface area (Å²) in [6.45, 7) is 0. The number of carbonyl (C=O) groups is 1. The number of nitrogens with zero attached hydrogens (tertiary/aromatic N) is 1. The van der Waals surface area contributed by atoms with Crippen molar-refractivity contribution in [2.75, 3.05) is 7.11 Å². The molecule has 0 fully saturated rings. The van der Waals surface area contributed by atoms with Crippen LogP contribution in [0.15, 0.2) is 0 Å². The molecule has 0 aliphatic heterocycles. The summed E-state index contributed by atoms with van der Waals surface area (Å²) in [6, 6.07) is 1.32. The highest BCUT2D eigenvalue weighted by atomic mass is 35.5. The standard InChI is InChI=1S/C8H3ClF3NO2S/c1-15-7(14)5-4(9)3(2-13)6(16-5)8(10,11)12/h1H3. The Balaban J connectivity index is 3.45. The summed E-state index contributed by atoms with van der Waals surface area (Å²) in [7, 11) is 1.01. The van der Waals surface area contributed by atoms with Crippen molar-refractivity contribution in [1.29, 1.82) is 5.26 Å². The van der Waals surface area contributed by atoms with Crippen LogP contribution < -0.4 is 0 Å². The first kappa shape index (κ1) is 12.8. The summed E-state index contributed by atoms with van der Waals surface area (Å²) in [5, 5.41) is 8.03. The number of ether oxygens (including phenoxy) is 1. The maximum atomic E-state index is 12.4. The van der Waals surface area contributed by atoms with Crippen LogP contribution in [0.4, 0.5) is 13.2 Å².